The highest BCUT2D eigenvalue weighted by molar-refractivity contribution is 6.35. The monoisotopic (exact) mass is 441 g/mol. The van der Waals surface area contributed by atoms with Crippen molar-refractivity contribution in [1.82, 2.24) is 0 Å². The molecule has 4 aromatic rings. The average Bonchev–Trinajstić information content (AvgIpc) is 2.70. The number of benzene rings is 4. The van der Waals surface area contributed by atoms with Gasteiger partial charge in [-0.15, -0.1) is 0 Å². The fourth-order valence-electron chi connectivity index (χ4n) is 3.27. The molecule has 5 heteroatoms. The van der Waals surface area contributed by atoms with Crippen LogP contribution in [0.25, 0.3) is 10.8 Å². The molecule has 0 bridgehead atoms. The van der Waals surface area contributed by atoms with Gasteiger partial charge in [0.1, 0.15) is 12.4 Å². The number of hydrogen-bond donors (Lipinski definition) is 1. The zero-order chi connectivity index (χ0) is 20.2. The van der Waals surface area contributed by atoms with Crippen LogP contribution in [0.4, 0.5) is 5.69 Å². The molecule has 0 aliphatic heterocycles. The average molecular weight is 443 g/mol. The first-order valence-corrected chi connectivity index (χ1v) is 10.3. The Morgan fingerprint density at radius 1 is 0.724 bits per heavy atom. The highest BCUT2D eigenvalue weighted by atomic mass is 35.5. The van der Waals surface area contributed by atoms with Gasteiger partial charge in [0.25, 0.3) is 0 Å². The molecule has 1 N–H and O–H groups in total. The lowest BCUT2D eigenvalue weighted by molar-refractivity contribution is 0.304. The number of halogens is 3. The second-order valence-electron chi connectivity index (χ2n) is 6.69. The van der Waals surface area contributed by atoms with E-state index in [0.717, 1.165) is 33.3 Å². The van der Waals surface area contributed by atoms with Crippen LogP contribution in [0.1, 0.15) is 11.1 Å². The van der Waals surface area contributed by atoms with Gasteiger partial charge in [0, 0.05) is 32.9 Å². The van der Waals surface area contributed by atoms with Crippen molar-refractivity contribution < 1.29 is 4.74 Å². The Balaban J connectivity index is 1.63. The van der Waals surface area contributed by atoms with Crippen molar-refractivity contribution in [1.29, 1.82) is 0 Å². The van der Waals surface area contributed by atoms with Gasteiger partial charge in [0.05, 0.1) is 0 Å². The summed E-state index contributed by atoms with van der Waals surface area (Å²) in [5.41, 5.74) is 2.95. The molecule has 4 aromatic carbocycles. The molecular weight excluding hydrogens is 425 g/mol. The third-order valence-corrected chi connectivity index (χ3v) is 5.28. The largest absolute Gasteiger partial charge is 0.489 e. The molecule has 0 saturated carbocycles. The molecule has 0 aliphatic rings. The Morgan fingerprint density at radius 2 is 1.52 bits per heavy atom. The molecule has 0 fully saturated rings. The van der Waals surface area contributed by atoms with Crippen LogP contribution < -0.4 is 10.1 Å². The smallest absolute Gasteiger partial charge is 0.125 e. The highest BCUT2D eigenvalue weighted by Crippen LogP contribution is 2.31. The van der Waals surface area contributed by atoms with Gasteiger partial charge in [-0.2, -0.15) is 0 Å². The number of nitrogens with one attached hydrogen (secondary N) is 1. The van der Waals surface area contributed by atoms with E-state index in [1.54, 1.807) is 6.07 Å². The van der Waals surface area contributed by atoms with Gasteiger partial charge in [-0.3, -0.25) is 0 Å². The Kier molecular flexibility index (Phi) is 6.15. The standard InChI is InChI=1S/C24H18Cl3NO/c25-18-6-3-4-16(10-18)15-29-24-9-8-17-5-1-2-7-22(17)23(24)14-28-21-12-19(26)11-20(27)13-21/h1-13,28H,14-15H2. The molecule has 0 spiro atoms. The predicted octanol–water partition coefficient (Wildman–Crippen LogP) is 7.99. The normalized spacial score (nSPS) is 10.9. The van der Waals surface area contributed by atoms with Crippen molar-refractivity contribution in [2.75, 3.05) is 5.32 Å². The quantitative estimate of drug-likeness (QED) is 0.327. The fourth-order valence-corrected chi connectivity index (χ4v) is 4.01. The summed E-state index contributed by atoms with van der Waals surface area (Å²) >= 11 is 18.3. The summed E-state index contributed by atoms with van der Waals surface area (Å²) < 4.78 is 6.17. The van der Waals surface area contributed by atoms with E-state index in [0.29, 0.717) is 28.2 Å². The Morgan fingerprint density at radius 3 is 2.31 bits per heavy atom. The van der Waals surface area contributed by atoms with Gasteiger partial charge in [-0.1, -0.05) is 77.3 Å². The van der Waals surface area contributed by atoms with Crippen LogP contribution in [0.15, 0.2) is 78.9 Å². The van der Waals surface area contributed by atoms with Gasteiger partial charge in [-0.25, -0.2) is 0 Å². The summed E-state index contributed by atoms with van der Waals surface area (Å²) in [4.78, 5) is 0. The Bertz CT molecular complexity index is 1140. The van der Waals surface area contributed by atoms with Crippen molar-refractivity contribution in [3.8, 4) is 5.75 Å². The lowest BCUT2D eigenvalue weighted by Crippen LogP contribution is -2.05. The summed E-state index contributed by atoms with van der Waals surface area (Å²) in [6.07, 6.45) is 0. The maximum Gasteiger partial charge on any atom is 0.125 e. The third kappa shape index (κ3) is 4.97. The lowest BCUT2D eigenvalue weighted by Gasteiger charge is -2.16. The first-order chi connectivity index (χ1) is 14.1. The minimum atomic E-state index is 0.439. The predicted molar refractivity (Wildman–Crippen MR) is 124 cm³/mol. The number of anilines is 1. The van der Waals surface area contributed by atoms with Crippen LogP contribution >= 0.6 is 34.8 Å². The SMILES string of the molecule is Clc1cccc(COc2ccc3ccccc3c2CNc2cc(Cl)cc(Cl)c2)c1. The van der Waals surface area contributed by atoms with E-state index in [9.17, 15) is 0 Å². The van der Waals surface area contributed by atoms with E-state index in [1.165, 1.54) is 0 Å². The number of ether oxygens (including phenoxy) is 1. The Labute approximate surface area is 185 Å². The molecule has 0 aromatic heterocycles. The van der Waals surface area contributed by atoms with E-state index >= 15 is 0 Å². The molecule has 2 nitrogen and oxygen atoms in total. The zero-order valence-electron chi connectivity index (χ0n) is 15.5. The molecule has 0 unspecified atom stereocenters. The minimum Gasteiger partial charge on any atom is -0.489 e. The van der Waals surface area contributed by atoms with Crippen LogP contribution in [-0.2, 0) is 13.2 Å². The maximum atomic E-state index is 6.17. The van der Waals surface area contributed by atoms with E-state index in [1.807, 2.05) is 54.6 Å². The van der Waals surface area contributed by atoms with Gasteiger partial charge in [0.15, 0.2) is 0 Å². The van der Waals surface area contributed by atoms with Crippen LogP contribution in [0, 0.1) is 0 Å². The van der Waals surface area contributed by atoms with Gasteiger partial charge >= 0.3 is 0 Å². The summed E-state index contributed by atoms with van der Waals surface area (Å²) in [6, 6.07) is 25.4. The van der Waals surface area contributed by atoms with Crippen molar-refractivity contribution in [2.24, 2.45) is 0 Å². The van der Waals surface area contributed by atoms with Crippen LogP contribution in [0.3, 0.4) is 0 Å². The molecule has 0 aliphatic carbocycles. The zero-order valence-corrected chi connectivity index (χ0v) is 17.7. The van der Waals surface area contributed by atoms with Gasteiger partial charge in [0.2, 0.25) is 0 Å². The number of rotatable bonds is 6. The summed E-state index contributed by atoms with van der Waals surface area (Å²) in [7, 11) is 0. The van der Waals surface area contributed by atoms with Crippen LogP contribution in [0.5, 0.6) is 5.75 Å². The Hall–Kier alpha value is -2.39. The maximum absolute atomic E-state index is 6.17. The van der Waals surface area contributed by atoms with Gasteiger partial charge < -0.3 is 10.1 Å². The molecule has 29 heavy (non-hydrogen) atoms. The minimum absolute atomic E-state index is 0.439. The molecule has 0 saturated heterocycles. The molecule has 0 amide bonds. The van der Waals surface area contributed by atoms with Crippen molar-refractivity contribution in [3.63, 3.8) is 0 Å². The fraction of sp³-hybridized carbons (Fsp3) is 0.0833. The topological polar surface area (TPSA) is 21.3 Å². The van der Waals surface area contributed by atoms with Crippen molar-refractivity contribution >= 4 is 51.3 Å². The number of fused-ring (bicyclic) bond motifs is 1. The van der Waals surface area contributed by atoms with E-state index in [2.05, 4.69) is 23.5 Å². The van der Waals surface area contributed by atoms with Gasteiger partial charge in [-0.05, 0) is 52.7 Å². The molecule has 4 rings (SSSR count). The third-order valence-electron chi connectivity index (χ3n) is 4.61. The first-order valence-electron chi connectivity index (χ1n) is 9.16. The molecule has 0 heterocycles. The molecule has 0 radical (unpaired) electrons. The lowest BCUT2D eigenvalue weighted by atomic mass is 10.0. The summed E-state index contributed by atoms with van der Waals surface area (Å²) in [5.74, 6) is 0.823. The molecule has 0 atom stereocenters. The molecular formula is C24H18Cl3NO. The summed E-state index contributed by atoms with van der Waals surface area (Å²) in [6.45, 7) is 1.01. The second-order valence-corrected chi connectivity index (χ2v) is 8.00. The van der Waals surface area contributed by atoms with Crippen LogP contribution in [0.2, 0.25) is 15.1 Å². The van der Waals surface area contributed by atoms with E-state index in [4.69, 9.17) is 39.5 Å². The van der Waals surface area contributed by atoms with Crippen LogP contribution in [-0.4, -0.2) is 0 Å². The van der Waals surface area contributed by atoms with E-state index < -0.39 is 0 Å². The highest BCUT2D eigenvalue weighted by Gasteiger charge is 2.10. The molecule has 146 valence electrons. The summed E-state index contributed by atoms with van der Waals surface area (Å²) in [5, 5.41) is 7.59. The second kappa shape index (κ2) is 8.96. The number of hydrogen-bond acceptors (Lipinski definition) is 2. The van der Waals surface area contributed by atoms with Crippen molar-refractivity contribution in [2.45, 2.75) is 13.2 Å². The van der Waals surface area contributed by atoms with E-state index in [-0.39, 0.29) is 0 Å². The van der Waals surface area contributed by atoms with Crippen molar-refractivity contribution in [3.05, 3.63) is 105 Å². The first kappa shape index (κ1) is 19.9.